The van der Waals surface area contributed by atoms with Gasteiger partial charge in [-0.1, -0.05) is 48.5 Å². The van der Waals surface area contributed by atoms with Gasteiger partial charge in [0.2, 0.25) is 0 Å². The van der Waals surface area contributed by atoms with E-state index in [9.17, 15) is 14.7 Å². The van der Waals surface area contributed by atoms with Crippen LogP contribution in [0.1, 0.15) is 28.8 Å². The number of rotatable bonds is 5. The number of amides is 1. The van der Waals surface area contributed by atoms with Crippen LogP contribution in [0, 0.1) is 0 Å². The van der Waals surface area contributed by atoms with Gasteiger partial charge < -0.3 is 15.2 Å². The van der Waals surface area contributed by atoms with Crippen LogP contribution in [-0.2, 0) is 16.6 Å². The molecule has 1 aliphatic carbocycles. The third-order valence-corrected chi connectivity index (χ3v) is 4.88. The summed E-state index contributed by atoms with van der Waals surface area (Å²) in [5.74, 6) is -1.29. The highest BCUT2D eigenvalue weighted by molar-refractivity contribution is 5.81. The highest BCUT2D eigenvalue weighted by Gasteiger charge is 2.30. The zero-order valence-electron chi connectivity index (χ0n) is 15.2. The molecule has 0 saturated heterocycles. The number of nitrogens with zero attached hydrogens (tertiary/aromatic N) is 2. The van der Waals surface area contributed by atoms with Crippen LogP contribution in [0.15, 0.2) is 60.8 Å². The molecule has 7 nitrogen and oxygen atoms in total. The summed E-state index contributed by atoms with van der Waals surface area (Å²) in [7, 11) is 1.68. The molecule has 0 spiro atoms. The average molecular weight is 377 g/mol. The molecule has 0 bridgehead atoms. The Kier molecular flexibility index (Phi) is 4.57. The quantitative estimate of drug-likeness (QED) is 0.713. The molecule has 0 aliphatic heterocycles. The summed E-state index contributed by atoms with van der Waals surface area (Å²) in [6.45, 7) is 0.119. The monoisotopic (exact) mass is 377 g/mol. The minimum atomic E-state index is -1.27. The molecule has 1 heterocycles. The van der Waals surface area contributed by atoms with E-state index in [1.165, 1.54) is 4.68 Å². The first kappa shape index (κ1) is 17.8. The van der Waals surface area contributed by atoms with Crippen molar-refractivity contribution in [2.75, 3.05) is 6.61 Å². The van der Waals surface area contributed by atoms with E-state index in [1.54, 1.807) is 19.3 Å². The first-order valence-electron chi connectivity index (χ1n) is 8.88. The van der Waals surface area contributed by atoms with E-state index in [0.717, 1.165) is 22.3 Å². The number of carboxylic acids is 1. The number of ether oxygens (including phenoxy) is 1. The van der Waals surface area contributed by atoms with E-state index in [4.69, 9.17) is 4.74 Å². The number of carbonyl (C=O) groups is 2. The lowest BCUT2D eigenvalue weighted by atomic mass is 9.98. The number of aliphatic carboxylic acids is 1. The molecule has 0 saturated carbocycles. The zero-order valence-corrected chi connectivity index (χ0v) is 15.2. The van der Waals surface area contributed by atoms with Gasteiger partial charge in [0, 0.05) is 19.2 Å². The van der Waals surface area contributed by atoms with Gasteiger partial charge in [-0.3, -0.25) is 4.68 Å². The topological polar surface area (TPSA) is 93.5 Å². The smallest absolute Gasteiger partial charge is 0.408 e. The molecule has 2 aromatic carbocycles. The summed E-state index contributed by atoms with van der Waals surface area (Å²) >= 11 is 0. The van der Waals surface area contributed by atoms with Crippen molar-refractivity contribution in [2.24, 2.45) is 7.05 Å². The van der Waals surface area contributed by atoms with E-state index in [0.29, 0.717) is 0 Å². The van der Waals surface area contributed by atoms with E-state index < -0.39 is 18.1 Å². The van der Waals surface area contributed by atoms with Crippen molar-refractivity contribution in [3.63, 3.8) is 0 Å². The summed E-state index contributed by atoms with van der Waals surface area (Å²) in [6, 6.07) is 16.3. The third-order valence-electron chi connectivity index (χ3n) is 4.88. The standard InChI is InChI=1S/C21H19N3O4/c1-24-11-10-18(23-24)19(20(25)26)22-21(27)28-12-17-15-8-4-2-6-13(15)14-7-3-5-9-16(14)17/h2-11,17,19H,12H2,1H3,(H,22,27)(H,25,26). The Balaban J connectivity index is 1.48. The molecule has 7 heteroatoms. The minimum Gasteiger partial charge on any atom is -0.479 e. The summed E-state index contributed by atoms with van der Waals surface area (Å²) in [4.78, 5) is 23.8. The first-order chi connectivity index (χ1) is 13.5. The molecule has 2 N–H and O–H groups in total. The van der Waals surface area contributed by atoms with Crippen molar-refractivity contribution in [1.29, 1.82) is 0 Å². The SMILES string of the molecule is Cn1ccc(C(NC(=O)OCC2c3ccccc3-c3ccccc32)C(=O)O)n1. The van der Waals surface area contributed by atoms with Crippen LogP contribution >= 0.6 is 0 Å². The Bertz CT molecular complexity index is 998. The molecule has 0 radical (unpaired) electrons. The maximum Gasteiger partial charge on any atom is 0.408 e. The molecule has 0 fully saturated rings. The minimum absolute atomic E-state index is 0.0868. The number of nitrogens with one attached hydrogen (secondary N) is 1. The van der Waals surface area contributed by atoms with E-state index in [1.807, 2.05) is 36.4 Å². The normalized spacial score (nSPS) is 13.5. The number of carboxylic acid groups (broad SMARTS) is 1. The van der Waals surface area contributed by atoms with Crippen molar-refractivity contribution in [2.45, 2.75) is 12.0 Å². The molecule has 1 aliphatic rings. The zero-order chi connectivity index (χ0) is 19.7. The van der Waals surface area contributed by atoms with Gasteiger partial charge in [0.15, 0.2) is 6.04 Å². The highest BCUT2D eigenvalue weighted by Crippen LogP contribution is 2.44. The fraction of sp³-hybridized carbons (Fsp3) is 0.190. The Morgan fingerprint density at radius 2 is 1.71 bits per heavy atom. The van der Waals surface area contributed by atoms with E-state index in [2.05, 4.69) is 22.5 Å². The first-order valence-corrected chi connectivity index (χ1v) is 8.88. The summed E-state index contributed by atoms with van der Waals surface area (Å²) in [6.07, 6.45) is 0.824. The molecule has 1 amide bonds. The van der Waals surface area contributed by atoms with Crippen LogP contribution in [0.4, 0.5) is 4.79 Å². The van der Waals surface area contributed by atoms with Crippen LogP contribution in [0.25, 0.3) is 11.1 Å². The maximum absolute atomic E-state index is 12.3. The Labute approximate surface area is 161 Å². The number of aromatic nitrogens is 2. The molecular formula is C21H19N3O4. The van der Waals surface area contributed by atoms with Gasteiger partial charge in [-0.2, -0.15) is 5.10 Å². The van der Waals surface area contributed by atoms with Crippen molar-refractivity contribution in [3.05, 3.63) is 77.6 Å². The molecule has 3 aromatic rings. The average Bonchev–Trinajstić information content (AvgIpc) is 3.26. The van der Waals surface area contributed by atoms with Gasteiger partial charge >= 0.3 is 12.1 Å². The fourth-order valence-corrected chi connectivity index (χ4v) is 3.61. The van der Waals surface area contributed by atoms with E-state index >= 15 is 0 Å². The maximum atomic E-state index is 12.3. The van der Waals surface area contributed by atoms with Crippen LogP contribution in [0.2, 0.25) is 0 Å². The van der Waals surface area contributed by atoms with Gasteiger partial charge in [0.25, 0.3) is 0 Å². The van der Waals surface area contributed by atoms with Crippen LogP contribution in [-0.4, -0.2) is 33.6 Å². The Morgan fingerprint density at radius 3 is 2.25 bits per heavy atom. The van der Waals surface area contributed by atoms with Gasteiger partial charge in [-0.25, -0.2) is 9.59 Å². The second kappa shape index (κ2) is 7.19. The van der Waals surface area contributed by atoms with Crippen molar-refractivity contribution >= 4 is 12.1 Å². The van der Waals surface area contributed by atoms with Gasteiger partial charge in [-0.05, 0) is 28.3 Å². The number of alkyl carbamates (subject to hydrolysis) is 1. The lowest BCUT2D eigenvalue weighted by Gasteiger charge is -2.16. The van der Waals surface area contributed by atoms with Crippen LogP contribution in [0.3, 0.4) is 0 Å². The Morgan fingerprint density at radius 1 is 1.11 bits per heavy atom. The third kappa shape index (κ3) is 3.22. The Hall–Kier alpha value is -3.61. The highest BCUT2D eigenvalue weighted by atomic mass is 16.5. The van der Waals surface area contributed by atoms with Gasteiger partial charge in [-0.15, -0.1) is 0 Å². The largest absolute Gasteiger partial charge is 0.479 e. The fourth-order valence-electron chi connectivity index (χ4n) is 3.61. The van der Waals surface area contributed by atoms with Crippen molar-refractivity contribution in [3.8, 4) is 11.1 Å². The van der Waals surface area contributed by atoms with Crippen molar-refractivity contribution in [1.82, 2.24) is 15.1 Å². The molecule has 1 aromatic heterocycles. The molecule has 28 heavy (non-hydrogen) atoms. The molecule has 4 rings (SSSR count). The number of benzene rings is 2. The molecular weight excluding hydrogens is 358 g/mol. The van der Waals surface area contributed by atoms with E-state index in [-0.39, 0.29) is 18.2 Å². The van der Waals surface area contributed by atoms with Gasteiger partial charge in [0.05, 0.1) is 5.69 Å². The molecule has 1 unspecified atom stereocenters. The lowest BCUT2D eigenvalue weighted by molar-refractivity contribution is -0.139. The van der Waals surface area contributed by atoms with Crippen molar-refractivity contribution < 1.29 is 19.4 Å². The summed E-state index contributed by atoms with van der Waals surface area (Å²) in [5.41, 5.74) is 4.68. The number of hydrogen-bond acceptors (Lipinski definition) is 4. The number of carbonyl (C=O) groups excluding carboxylic acids is 1. The summed E-state index contributed by atoms with van der Waals surface area (Å²) in [5, 5.41) is 15.8. The van der Waals surface area contributed by atoms with Gasteiger partial charge in [0.1, 0.15) is 6.61 Å². The lowest BCUT2D eigenvalue weighted by Crippen LogP contribution is -2.35. The predicted molar refractivity (Wildman–Crippen MR) is 102 cm³/mol. The predicted octanol–water partition coefficient (Wildman–Crippen LogP) is 3.08. The van der Waals surface area contributed by atoms with Crippen LogP contribution in [0.5, 0.6) is 0 Å². The number of hydrogen-bond donors (Lipinski definition) is 2. The van der Waals surface area contributed by atoms with Crippen LogP contribution < -0.4 is 5.32 Å². The second-order valence-corrected chi connectivity index (χ2v) is 6.66. The molecule has 142 valence electrons. The second-order valence-electron chi connectivity index (χ2n) is 6.66. The summed E-state index contributed by atoms with van der Waals surface area (Å²) < 4.78 is 6.88. The number of fused-ring (bicyclic) bond motifs is 3. The number of aryl methyl sites for hydroxylation is 1. The molecule has 1 atom stereocenters.